The van der Waals surface area contributed by atoms with Crippen LogP contribution in [0, 0.1) is 6.92 Å². The summed E-state index contributed by atoms with van der Waals surface area (Å²) in [6.45, 7) is 13.4. The smallest absolute Gasteiger partial charge is 0.327 e. The number of aromatic nitrogens is 2. The van der Waals surface area contributed by atoms with Crippen molar-refractivity contribution in [2.45, 2.75) is 20.4 Å². The summed E-state index contributed by atoms with van der Waals surface area (Å²) in [6, 6.07) is 8.67. The molecule has 2 aromatic carbocycles. The van der Waals surface area contributed by atoms with Crippen LogP contribution >= 0.6 is 11.6 Å². The number of urea groups is 1. The lowest BCUT2D eigenvalue weighted by molar-refractivity contribution is -0.111. The van der Waals surface area contributed by atoms with Gasteiger partial charge < -0.3 is 30.3 Å². The zero-order valence-electron chi connectivity index (χ0n) is 25.7. The van der Waals surface area contributed by atoms with Crippen LogP contribution in [0.4, 0.5) is 33.5 Å². The number of rotatable bonds is 11. The number of hydrogen-bond acceptors (Lipinski definition) is 9. The number of hydrogen-bond donors (Lipinski definition) is 3. The fourth-order valence-electron chi connectivity index (χ4n) is 4.85. The van der Waals surface area contributed by atoms with E-state index in [0.717, 1.165) is 44.8 Å². The van der Waals surface area contributed by atoms with E-state index in [4.69, 9.17) is 21.1 Å². The van der Waals surface area contributed by atoms with E-state index < -0.39 is 6.03 Å². The first-order valence-corrected chi connectivity index (χ1v) is 14.6. The van der Waals surface area contributed by atoms with Crippen LogP contribution in [0.3, 0.4) is 0 Å². The molecule has 1 aromatic heterocycles. The van der Waals surface area contributed by atoms with Gasteiger partial charge in [-0.1, -0.05) is 31.2 Å². The van der Waals surface area contributed by atoms with Crippen molar-refractivity contribution in [3.8, 4) is 11.5 Å². The lowest BCUT2D eigenvalue weighted by Crippen LogP contribution is -2.45. The van der Waals surface area contributed by atoms with Gasteiger partial charge in [-0.15, -0.1) is 0 Å². The Bertz CT molecular complexity index is 1480. The number of carbonyl (C=O) groups is 2. The summed E-state index contributed by atoms with van der Waals surface area (Å²) in [5.41, 5.74) is 3.29. The second-order valence-electron chi connectivity index (χ2n) is 10.3. The SMILES string of the molecule is C=CC(=O)Nc1cc(CN2CCN(CC)CC2)ccc1Nc1cc(N(C)C(=O)Nc2c(C)c(OC)cc(OC)c2Cl)ncn1. The van der Waals surface area contributed by atoms with Crippen molar-refractivity contribution >= 4 is 52.2 Å². The van der Waals surface area contributed by atoms with E-state index in [0.29, 0.717) is 45.8 Å². The normalized spacial score (nSPS) is 13.6. The second-order valence-corrected chi connectivity index (χ2v) is 10.6. The first-order chi connectivity index (χ1) is 21.2. The largest absolute Gasteiger partial charge is 0.496 e. The summed E-state index contributed by atoms with van der Waals surface area (Å²) < 4.78 is 10.7. The van der Waals surface area contributed by atoms with Gasteiger partial charge in [-0.25, -0.2) is 14.8 Å². The fraction of sp³-hybridized carbons (Fsp3) is 0.355. The van der Waals surface area contributed by atoms with Crippen molar-refractivity contribution in [3.63, 3.8) is 0 Å². The predicted molar refractivity (Wildman–Crippen MR) is 175 cm³/mol. The highest BCUT2D eigenvalue weighted by molar-refractivity contribution is 6.35. The van der Waals surface area contributed by atoms with Crippen molar-refractivity contribution in [2.24, 2.45) is 0 Å². The Morgan fingerprint density at radius 3 is 2.39 bits per heavy atom. The number of nitrogens with one attached hydrogen (secondary N) is 3. The number of piperazine rings is 1. The molecule has 1 saturated heterocycles. The molecule has 13 heteroatoms. The summed E-state index contributed by atoms with van der Waals surface area (Å²) in [4.78, 5) is 40.3. The monoisotopic (exact) mass is 622 g/mol. The maximum atomic E-state index is 13.3. The molecular formula is C31H39ClN8O4. The maximum absolute atomic E-state index is 13.3. The number of benzene rings is 2. The highest BCUT2D eigenvalue weighted by atomic mass is 35.5. The average Bonchev–Trinajstić information content (AvgIpc) is 3.04. The number of methoxy groups -OCH3 is 2. The minimum atomic E-state index is -0.488. The lowest BCUT2D eigenvalue weighted by Gasteiger charge is -2.34. The molecule has 1 aliphatic rings. The quantitative estimate of drug-likeness (QED) is 0.250. The molecule has 1 fully saturated rings. The highest BCUT2D eigenvalue weighted by Crippen LogP contribution is 2.40. The molecule has 0 atom stereocenters. The number of amides is 3. The van der Waals surface area contributed by atoms with Crippen LogP contribution < -0.4 is 30.3 Å². The second kappa shape index (κ2) is 14.9. The minimum Gasteiger partial charge on any atom is -0.496 e. The summed E-state index contributed by atoms with van der Waals surface area (Å²) in [5, 5.41) is 9.21. The molecular weight excluding hydrogens is 584 g/mol. The van der Waals surface area contributed by atoms with E-state index in [-0.39, 0.29) is 10.9 Å². The van der Waals surface area contributed by atoms with Crippen LogP contribution in [0.25, 0.3) is 0 Å². The van der Waals surface area contributed by atoms with Crippen LogP contribution in [0.1, 0.15) is 18.1 Å². The number of nitrogens with zero attached hydrogens (tertiary/aromatic N) is 5. The third-order valence-electron chi connectivity index (χ3n) is 7.52. The number of carbonyl (C=O) groups excluding carboxylic acids is 2. The van der Waals surface area contributed by atoms with Crippen LogP contribution in [-0.2, 0) is 11.3 Å². The van der Waals surface area contributed by atoms with E-state index in [1.165, 1.54) is 31.5 Å². The van der Waals surface area contributed by atoms with Gasteiger partial charge in [-0.2, -0.15) is 0 Å². The molecule has 44 heavy (non-hydrogen) atoms. The number of anilines is 5. The van der Waals surface area contributed by atoms with Gasteiger partial charge in [0.25, 0.3) is 0 Å². The lowest BCUT2D eigenvalue weighted by atomic mass is 10.1. The van der Waals surface area contributed by atoms with Crippen molar-refractivity contribution in [3.05, 3.63) is 65.5 Å². The average molecular weight is 623 g/mol. The molecule has 3 aromatic rings. The topological polar surface area (TPSA) is 124 Å². The third-order valence-corrected chi connectivity index (χ3v) is 7.90. The van der Waals surface area contributed by atoms with E-state index in [1.807, 2.05) is 18.2 Å². The molecule has 2 heterocycles. The van der Waals surface area contributed by atoms with Gasteiger partial charge in [0.05, 0.1) is 31.3 Å². The molecule has 3 N–H and O–H groups in total. The third kappa shape index (κ3) is 7.76. The standard InChI is InChI=1S/C31H39ClN8O4/c1-7-28(41)36-23-15-21(18-40-13-11-39(8-2)12-14-40)9-10-22(23)35-26-17-27(34-19-33-26)38(4)31(42)37-30-20(3)24(43-5)16-25(44-6)29(30)32/h7,9-10,15-17,19H,1,8,11-14,18H2,2-6H3,(H,36,41)(H,37,42)(H,33,34,35). The van der Waals surface area contributed by atoms with E-state index in [1.54, 1.807) is 26.1 Å². The molecule has 0 unspecified atom stereocenters. The molecule has 0 aliphatic carbocycles. The zero-order chi connectivity index (χ0) is 31.8. The summed E-state index contributed by atoms with van der Waals surface area (Å²) >= 11 is 6.50. The van der Waals surface area contributed by atoms with Gasteiger partial charge in [-0.3, -0.25) is 14.6 Å². The molecule has 1 aliphatic heterocycles. The van der Waals surface area contributed by atoms with Crippen LogP contribution in [-0.4, -0.2) is 85.7 Å². The molecule has 234 valence electrons. The highest BCUT2D eigenvalue weighted by Gasteiger charge is 2.21. The van der Waals surface area contributed by atoms with Gasteiger partial charge in [-0.05, 0) is 37.2 Å². The van der Waals surface area contributed by atoms with Crippen LogP contribution in [0.2, 0.25) is 5.02 Å². The number of likely N-dealkylation sites (N-methyl/N-ethyl adjacent to an activating group) is 1. The van der Waals surface area contributed by atoms with Gasteiger partial charge in [0.2, 0.25) is 5.91 Å². The summed E-state index contributed by atoms with van der Waals surface area (Å²) in [7, 11) is 4.59. The molecule has 0 spiro atoms. The molecule has 0 bridgehead atoms. The molecule has 0 radical (unpaired) electrons. The number of halogens is 1. The Labute approximate surface area is 263 Å². The van der Waals surface area contributed by atoms with Crippen molar-refractivity contribution in [1.29, 1.82) is 0 Å². The van der Waals surface area contributed by atoms with E-state index in [9.17, 15) is 9.59 Å². The van der Waals surface area contributed by atoms with E-state index in [2.05, 4.69) is 49.2 Å². The molecule has 0 saturated carbocycles. The zero-order valence-corrected chi connectivity index (χ0v) is 26.5. The fourth-order valence-corrected chi connectivity index (χ4v) is 5.17. The van der Waals surface area contributed by atoms with Crippen LogP contribution in [0.5, 0.6) is 11.5 Å². The number of ether oxygens (including phenoxy) is 2. The summed E-state index contributed by atoms with van der Waals surface area (Å²) in [6.07, 6.45) is 2.57. The van der Waals surface area contributed by atoms with Gasteiger partial charge in [0, 0.05) is 57.5 Å². The Kier molecular flexibility index (Phi) is 11.0. The Balaban J connectivity index is 1.52. The van der Waals surface area contributed by atoms with Crippen molar-refractivity contribution < 1.29 is 19.1 Å². The molecule has 12 nitrogen and oxygen atoms in total. The van der Waals surface area contributed by atoms with Gasteiger partial charge in [0.1, 0.15) is 34.5 Å². The Morgan fingerprint density at radius 2 is 1.73 bits per heavy atom. The van der Waals surface area contributed by atoms with Gasteiger partial charge >= 0.3 is 6.03 Å². The van der Waals surface area contributed by atoms with Crippen molar-refractivity contribution in [1.82, 2.24) is 19.8 Å². The van der Waals surface area contributed by atoms with Crippen LogP contribution in [0.15, 0.2) is 49.3 Å². The first-order valence-electron chi connectivity index (χ1n) is 14.2. The van der Waals surface area contributed by atoms with Crippen molar-refractivity contribution in [2.75, 3.05) is 74.8 Å². The Hall–Kier alpha value is -4.39. The minimum absolute atomic E-state index is 0.248. The molecule has 3 amide bonds. The maximum Gasteiger partial charge on any atom is 0.327 e. The predicted octanol–water partition coefficient (Wildman–Crippen LogP) is 5.13. The molecule has 4 rings (SSSR count). The Morgan fingerprint density at radius 1 is 1.02 bits per heavy atom. The first kappa shape index (κ1) is 32.5. The van der Waals surface area contributed by atoms with E-state index >= 15 is 0 Å². The summed E-state index contributed by atoms with van der Waals surface area (Å²) in [5.74, 6) is 1.30. The van der Waals surface area contributed by atoms with Gasteiger partial charge in [0.15, 0.2) is 0 Å².